The second-order valence-corrected chi connectivity index (χ2v) is 7.35. The van der Waals surface area contributed by atoms with Crippen LogP contribution in [0.2, 0.25) is 0 Å². The molecule has 2 heterocycles. The van der Waals surface area contributed by atoms with Gasteiger partial charge in [0, 0.05) is 36.6 Å². The van der Waals surface area contributed by atoms with E-state index in [2.05, 4.69) is 10.6 Å². The van der Waals surface area contributed by atoms with E-state index in [0.29, 0.717) is 29.7 Å². The maximum atomic E-state index is 13.2. The zero-order valence-electron chi connectivity index (χ0n) is 17.6. The molecular formula is C25H24N4O2. The minimum absolute atomic E-state index is 0.0617. The fourth-order valence-electron chi connectivity index (χ4n) is 3.70. The van der Waals surface area contributed by atoms with Crippen molar-refractivity contribution in [3.05, 3.63) is 94.3 Å². The van der Waals surface area contributed by atoms with E-state index in [0.717, 1.165) is 22.6 Å². The number of aryl methyl sites for hydroxylation is 2. The Morgan fingerprint density at radius 1 is 1.00 bits per heavy atom. The topological polar surface area (TPSA) is 76.0 Å². The largest absolute Gasteiger partial charge is 0.359 e. The normalized spacial score (nSPS) is 10.8. The van der Waals surface area contributed by atoms with Gasteiger partial charge in [-0.25, -0.2) is 4.98 Å². The zero-order chi connectivity index (χ0) is 21.8. The number of anilines is 2. The number of nitrogens with one attached hydrogen (secondary N) is 2. The van der Waals surface area contributed by atoms with Crippen molar-refractivity contribution >= 4 is 28.4 Å². The van der Waals surface area contributed by atoms with Gasteiger partial charge in [0.15, 0.2) is 11.1 Å². The van der Waals surface area contributed by atoms with Crippen LogP contribution in [-0.4, -0.2) is 22.5 Å². The lowest BCUT2D eigenvalue weighted by Gasteiger charge is -2.19. The summed E-state index contributed by atoms with van der Waals surface area (Å²) in [7, 11) is 1.61. The molecule has 2 N–H and O–H groups in total. The Kier molecular flexibility index (Phi) is 5.80. The molecule has 6 nitrogen and oxygen atoms in total. The highest BCUT2D eigenvalue weighted by molar-refractivity contribution is 5.85. The van der Waals surface area contributed by atoms with Crippen molar-refractivity contribution in [3.8, 4) is 5.69 Å². The van der Waals surface area contributed by atoms with E-state index in [1.807, 2.05) is 78.2 Å². The van der Waals surface area contributed by atoms with Gasteiger partial charge >= 0.3 is 0 Å². The number of pyridine rings is 2. The van der Waals surface area contributed by atoms with Gasteiger partial charge in [-0.3, -0.25) is 14.2 Å². The number of amides is 1. The van der Waals surface area contributed by atoms with Crippen molar-refractivity contribution in [2.75, 3.05) is 12.4 Å². The van der Waals surface area contributed by atoms with E-state index in [-0.39, 0.29) is 11.3 Å². The predicted molar refractivity (Wildman–Crippen MR) is 124 cm³/mol. The number of hydrogen-bond donors (Lipinski definition) is 2. The summed E-state index contributed by atoms with van der Waals surface area (Å²) < 4.78 is 1.96. The summed E-state index contributed by atoms with van der Waals surface area (Å²) in [6.45, 7) is 1.90. The molecule has 1 amide bonds. The van der Waals surface area contributed by atoms with Gasteiger partial charge in [-0.05, 0) is 49.2 Å². The number of fused-ring (bicyclic) bond motifs is 1. The summed E-state index contributed by atoms with van der Waals surface area (Å²) in [6.07, 6.45) is 0.777. The standard InChI is InChI=1S/C25H24N4O2/c1-17-15-18(13-14-23(31)26-2)24-21(30)16-22(28-19-9-5-3-6-10-19)29(25(24)27-17)20-11-7-4-8-12-20/h3-12,15-16,28H,13-14H2,1-2H3,(H,26,31). The Morgan fingerprint density at radius 2 is 1.68 bits per heavy atom. The first-order valence-electron chi connectivity index (χ1n) is 10.2. The summed E-state index contributed by atoms with van der Waals surface area (Å²) in [6, 6.07) is 23.0. The molecule has 6 heteroatoms. The Balaban J connectivity index is 1.96. The molecule has 31 heavy (non-hydrogen) atoms. The Labute approximate surface area is 180 Å². The van der Waals surface area contributed by atoms with Crippen LogP contribution in [0.3, 0.4) is 0 Å². The molecule has 0 aliphatic carbocycles. The van der Waals surface area contributed by atoms with Crippen molar-refractivity contribution in [3.63, 3.8) is 0 Å². The number of hydrogen-bond acceptors (Lipinski definition) is 4. The second kappa shape index (κ2) is 8.83. The highest BCUT2D eigenvalue weighted by Crippen LogP contribution is 2.26. The number of nitrogens with zero attached hydrogens (tertiary/aromatic N) is 2. The zero-order valence-corrected chi connectivity index (χ0v) is 17.6. The molecule has 0 fully saturated rings. The third kappa shape index (κ3) is 4.33. The van der Waals surface area contributed by atoms with E-state index in [1.165, 1.54) is 0 Å². The van der Waals surface area contributed by atoms with E-state index in [9.17, 15) is 9.59 Å². The molecule has 0 aliphatic rings. The maximum Gasteiger partial charge on any atom is 0.220 e. The van der Waals surface area contributed by atoms with E-state index in [1.54, 1.807) is 13.1 Å². The van der Waals surface area contributed by atoms with Crippen LogP contribution >= 0.6 is 0 Å². The van der Waals surface area contributed by atoms with Gasteiger partial charge < -0.3 is 10.6 Å². The van der Waals surface area contributed by atoms with Crippen LogP contribution in [0.4, 0.5) is 11.5 Å². The summed E-state index contributed by atoms with van der Waals surface area (Å²) in [5.74, 6) is 0.568. The lowest BCUT2D eigenvalue weighted by Crippen LogP contribution is -2.19. The summed E-state index contributed by atoms with van der Waals surface area (Å²) in [5, 5.41) is 6.54. The molecule has 0 atom stereocenters. The third-order valence-corrected chi connectivity index (χ3v) is 5.14. The van der Waals surface area contributed by atoms with Crippen molar-refractivity contribution < 1.29 is 4.79 Å². The van der Waals surface area contributed by atoms with Gasteiger partial charge in [0.2, 0.25) is 5.91 Å². The lowest BCUT2D eigenvalue weighted by molar-refractivity contribution is -0.120. The minimum atomic E-state index is -0.125. The number of aromatic nitrogens is 2. The molecule has 0 unspecified atom stereocenters. The molecule has 0 saturated carbocycles. The molecule has 156 valence electrons. The highest BCUT2D eigenvalue weighted by atomic mass is 16.1. The number of carbonyl (C=O) groups is 1. The van der Waals surface area contributed by atoms with Gasteiger partial charge in [0.1, 0.15) is 5.82 Å². The van der Waals surface area contributed by atoms with Crippen LogP contribution < -0.4 is 16.1 Å². The van der Waals surface area contributed by atoms with Crippen molar-refractivity contribution in [1.82, 2.24) is 14.9 Å². The van der Waals surface area contributed by atoms with Crippen molar-refractivity contribution in [2.45, 2.75) is 19.8 Å². The van der Waals surface area contributed by atoms with Crippen molar-refractivity contribution in [1.29, 1.82) is 0 Å². The first-order chi connectivity index (χ1) is 15.1. The summed E-state index contributed by atoms with van der Waals surface area (Å²) in [5.41, 5.74) is 3.83. The average molecular weight is 412 g/mol. The molecule has 2 aromatic carbocycles. The second-order valence-electron chi connectivity index (χ2n) is 7.35. The fraction of sp³-hybridized carbons (Fsp3) is 0.160. The van der Waals surface area contributed by atoms with Crippen LogP contribution in [-0.2, 0) is 11.2 Å². The number of benzene rings is 2. The van der Waals surface area contributed by atoms with Crippen LogP contribution in [0.15, 0.2) is 77.6 Å². The Bertz CT molecular complexity index is 1280. The van der Waals surface area contributed by atoms with Gasteiger partial charge in [-0.1, -0.05) is 36.4 Å². The first-order valence-corrected chi connectivity index (χ1v) is 10.2. The maximum absolute atomic E-state index is 13.2. The quantitative estimate of drug-likeness (QED) is 0.500. The van der Waals surface area contributed by atoms with Crippen LogP contribution in [0.1, 0.15) is 17.7 Å². The molecule has 0 radical (unpaired) electrons. The number of rotatable bonds is 6. The SMILES string of the molecule is CNC(=O)CCc1cc(C)nc2c1c(=O)cc(Nc1ccccc1)n2-c1ccccc1. The molecule has 4 aromatic rings. The molecule has 0 aliphatic heterocycles. The highest BCUT2D eigenvalue weighted by Gasteiger charge is 2.17. The third-order valence-electron chi connectivity index (χ3n) is 5.14. The van der Waals surface area contributed by atoms with Gasteiger partial charge in [-0.15, -0.1) is 0 Å². The molecule has 0 bridgehead atoms. The van der Waals surface area contributed by atoms with Gasteiger partial charge in [-0.2, -0.15) is 0 Å². The predicted octanol–water partition coefficient (Wildman–Crippen LogP) is 4.12. The minimum Gasteiger partial charge on any atom is -0.359 e. The molecule has 0 saturated heterocycles. The van der Waals surface area contributed by atoms with E-state index < -0.39 is 0 Å². The molecule has 4 rings (SSSR count). The summed E-state index contributed by atoms with van der Waals surface area (Å²) >= 11 is 0. The molecule has 0 spiro atoms. The van der Waals surface area contributed by atoms with Crippen LogP contribution in [0.5, 0.6) is 0 Å². The van der Waals surface area contributed by atoms with Gasteiger partial charge in [0.05, 0.1) is 5.39 Å². The fourth-order valence-corrected chi connectivity index (χ4v) is 3.70. The first kappa shape index (κ1) is 20.3. The Hall–Kier alpha value is -3.93. The number of para-hydroxylation sites is 2. The average Bonchev–Trinajstić information content (AvgIpc) is 2.78. The molecular weight excluding hydrogens is 388 g/mol. The van der Waals surface area contributed by atoms with E-state index in [4.69, 9.17) is 4.98 Å². The number of carbonyl (C=O) groups excluding carboxylic acids is 1. The van der Waals surface area contributed by atoms with Crippen LogP contribution in [0, 0.1) is 6.92 Å². The molecule has 2 aromatic heterocycles. The Morgan fingerprint density at radius 3 is 2.35 bits per heavy atom. The van der Waals surface area contributed by atoms with Gasteiger partial charge in [0.25, 0.3) is 0 Å². The summed E-state index contributed by atoms with van der Waals surface area (Å²) in [4.78, 5) is 29.8. The van der Waals surface area contributed by atoms with E-state index >= 15 is 0 Å². The smallest absolute Gasteiger partial charge is 0.220 e. The monoisotopic (exact) mass is 412 g/mol. The lowest BCUT2D eigenvalue weighted by atomic mass is 10.0. The van der Waals surface area contributed by atoms with Crippen LogP contribution in [0.25, 0.3) is 16.7 Å². The van der Waals surface area contributed by atoms with Crippen molar-refractivity contribution in [2.24, 2.45) is 0 Å².